The number of nitrogens with zero attached hydrogens (tertiary/aromatic N) is 2. The molecule has 2 aliphatic heterocycles. The average molecular weight is 781 g/mol. The third-order valence-electron chi connectivity index (χ3n) is 9.04. The minimum Gasteiger partial charge on any atom is -0.491 e. The molecule has 0 aromatic heterocycles. The number of rotatable bonds is 9. The summed E-state index contributed by atoms with van der Waals surface area (Å²) in [4.78, 5) is 29.1. The second kappa shape index (κ2) is 17.7. The van der Waals surface area contributed by atoms with E-state index in [1.165, 1.54) is 11.1 Å². The molecule has 0 fully saturated rings. The normalized spacial score (nSPS) is 25.2. The first-order valence-electron chi connectivity index (χ1n) is 17.2. The van der Waals surface area contributed by atoms with Crippen molar-refractivity contribution in [2.75, 3.05) is 43.1 Å². The molecule has 2 amide bonds. The molecule has 3 unspecified atom stereocenters. The van der Waals surface area contributed by atoms with Crippen LogP contribution in [0.4, 0.5) is 5.69 Å². The Bertz CT molecular complexity index is 1620. The molecule has 0 saturated heterocycles. The number of halogens is 2. The number of amides is 2. The predicted molar refractivity (Wildman–Crippen MR) is 200 cm³/mol. The van der Waals surface area contributed by atoms with Crippen LogP contribution in [0, 0.1) is 11.8 Å². The average Bonchev–Trinajstić information content (AvgIpc) is 3.24. The zero-order chi connectivity index (χ0) is 35.8. The van der Waals surface area contributed by atoms with Gasteiger partial charge in [0.15, 0.2) is 9.92 Å². The molecule has 4 rings (SSSR count). The van der Waals surface area contributed by atoms with Crippen LogP contribution < -0.4 is 14.4 Å². The van der Waals surface area contributed by atoms with Crippen molar-refractivity contribution in [3.63, 3.8) is 0 Å². The Kier molecular flexibility index (Phi) is 14.2. The maximum Gasteiger partial charge on any atom is 0.287 e. The molecular formula is C37H51BrClN3O6S. The van der Waals surface area contributed by atoms with Crippen molar-refractivity contribution >= 4 is 54.9 Å². The summed E-state index contributed by atoms with van der Waals surface area (Å²) < 4.78 is 40.3. The third kappa shape index (κ3) is 10.1. The molecule has 0 saturated carbocycles. The number of anilines is 1. The van der Waals surface area contributed by atoms with Crippen molar-refractivity contribution in [3.8, 4) is 5.75 Å². The van der Waals surface area contributed by atoms with Gasteiger partial charge in [-0.25, -0.2) is 4.21 Å². The molecular weight excluding hydrogens is 730 g/mol. The van der Waals surface area contributed by atoms with Gasteiger partial charge in [0.2, 0.25) is 5.91 Å². The Hall–Kier alpha value is -2.44. The molecule has 2 aromatic carbocycles. The predicted octanol–water partition coefficient (Wildman–Crippen LogP) is 7.88. The van der Waals surface area contributed by atoms with E-state index in [4.69, 9.17) is 25.8 Å². The highest BCUT2D eigenvalue weighted by molar-refractivity contribution is 9.09. The van der Waals surface area contributed by atoms with Crippen molar-refractivity contribution in [2.45, 2.75) is 89.7 Å². The fourth-order valence-electron chi connectivity index (χ4n) is 6.08. The van der Waals surface area contributed by atoms with Gasteiger partial charge in [0.25, 0.3) is 5.91 Å². The van der Waals surface area contributed by atoms with Crippen LogP contribution in [0.25, 0.3) is 0 Å². The number of fused-ring (bicyclic) bond motifs is 1. The Morgan fingerprint density at radius 1 is 1.22 bits per heavy atom. The summed E-state index contributed by atoms with van der Waals surface area (Å²) in [7, 11) is -3.76. The first-order valence-corrected chi connectivity index (χ1v) is 20.2. The molecule has 270 valence electrons. The Balaban J connectivity index is 1.89. The highest BCUT2D eigenvalue weighted by Crippen LogP contribution is 2.39. The highest BCUT2D eigenvalue weighted by atomic mass is 79.9. The summed E-state index contributed by atoms with van der Waals surface area (Å²) in [6, 6.07) is 11.2. The topological polar surface area (TPSA) is 107 Å². The lowest BCUT2D eigenvalue weighted by Gasteiger charge is -2.31. The van der Waals surface area contributed by atoms with E-state index in [-0.39, 0.29) is 29.4 Å². The molecule has 0 spiro atoms. The fourth-order valence-corrected chi connectivity index (χ4v) is 8.22. The quantitative estimate of drug-likeness (QED) is 0.204. The number of benzene rings is 2. The lowest BCUT2D eigenvalue weighted by molar-refractivity contribution is -0.137. The van der Waals surface area contributed by atoms with Crippen LogP contribution in [0.1, 0.15) is 77.8 Å². The molecule has 2 heterocycles. The first-order chi connectivity index (χ1) is 23.3. The van der Waals surface area contributed by atoms with Gasteiger partial charge in [-0.15, -0.1) is 4.36 Å². The van der Waals surface area contributed by atoms with Gasteiger partial charge in [-0.05, 0) is 74.1 Å². The maximum absolute atomic E-state index is 14.7. The van der Waals surface area contributed by atoms with E-state index in [2.05, 4.69) is 49.8 Å². The van der Waals surface area contributed by atoms with E-state index in [9.17, 15) is 13.8 Å². The minimum atomic E-state index is -3.76. The Morgan fingerprint density at radius 2 is 2.00 bits per heavy atom. The van der Waals surface area contributed by atoms with E-state index in [1.807, 2.05) is 24.3 Å². The van der Waals surface area contributed by atoms with Crippen molar-refractivity contribution in [1.82, 2.24) is 4.72 Å². The molecule has 0 radical (unpaired) electrons. The van der Waals surface area contributed by atoms with Crippen LogP contribution in [0.2, 0.25) is 5.02 Å². The fraction of sp³-hybridized carbons (Fsp3) is 0.568. The van der Waals surface area contributed by atoms with Crippen molar-refractivity contribution in [2.24, 2.45) is 16.2 Å². The van der Waals surface area contributed by atoms with Crippen LogP contribution in [-0.2, 0) is 35.4 Å². The van der Waals surface area contributed by atoms with Crippen molar-refractivity contribution < 1.29 is 28.0 Å². The second-order valence-corrected chi connectivity index (χ2v) is 16.6. The highest BCUT2D eigenvalue weighted by Gasteiger charge is 2.33. The lowest BCUT2D eigenvalue weighted by Crippen LogP contribution is -2.39. The zero-order valence-electron chi connectivity index (χ0n) is 29.5. The number of hydrogen-bond acceptors (Lipinski definition) is 7. The maximum atomic E-state index is 14.7. The summed E-state index contributed by atoms with van der Waals surface area (Å²) >= 11 is 9.94. The molecule has 12 heteroatoms. The standard InChI is InChI=1S/C37H51BrClN3O6S/c1-7-10-27-21-29(39)12-14-31(27)28-23-42-18-16-26(8-2)33(46-20-17-38)11-9-19-48-37(5,6)36(44)41-49(45,40-35(43)25(3)4)30-13-15-34(47-24-28)32(42)22-30/h9,11-15,21-22,25-26,28,33H,7-8,10,16-20,23-24H2,1-6H3,(H,40,41,43,44,45)/b11-9+/t26-,28?,33?,49?/m1/s1. The number of alkyl halides is 1. The molecule has 0 aliphatic carbocycles. The van der Waals surface area contributed by atoms with Crippen molar-refractivity contribution in [3.05, 3.63) is 64.7 Å². The number of ether oxygens (including phenoxy) is 3. The van der Waals surface area contributed by atoms with Gasteiger partial charge in [0.1, 0.15) is 11.4 Å². The van der Waals surface area contributed by atoms with E-state index < -0.39 is 33.2 Å². The smallest absolute Gasteiger partial charge is 0.287 e. The summed E-state index contributed by atoms with van der Waals surface area (Å²) in [5, 5.41) is 1.42. The summed E-state index contributed by atoms with van der Waals surface area (Å²) in [5.41, 5.74) is 1.71. The molecule has 49 heavy (non-hydrogen) atoms. The zero-order valence-corrected chi connectivity index (χ0v) is 32.7. The lowest BCUT2D eigenvalue weighted by atomic mass is 9.91. The minimum absolute atomic E-state index is 0.0230. The molecule has 2 aromatic rings. The van der Waals surface area contributed by atoms with Crippen molar-refractivity contribution in [1.29, 1.82) is 0 Å². The molecule has 1 N–H and O–H groups in total. The Labute approximate surface area is 305 Å². The second-order valence-electron chi connectivity index (χ2n) is 13.5. The van der Waals surface area contributed by atoms with Crippen LogP contribution in [-0.4, -0.2) is 66.0 Å². The van der Waals surface area contributed by atoms with Gasteiger partial charge < -0.3 is 19.1 Å². The SMILES string of the molecule is CCCc1cc(Cl)ccc1C1COc2ccc3cc2N(CC[C@@H](CC)C(OCCBr)/C=C/COC(C)(C)C(=O)N=S3(=O)NC(=O)C(C)C)C1. The summed E-state index contributed by atoms with van der Waals surface area (Å²) in [6.45, 7) is 13.3. The van der Waals surface area contributed by atoms with Gasteiger partial charge in [0.05, 0.1) is 36.5 Å². The molecule has 4 atom stereocenters. The van der Waals surface area contributed by atoms with Crippen LogP contribution >= 0.6 is 27.5 Å². The molecule has 9 nitrogen and oxygen atoms in total. The number of carbonyl (C=O) groups is 2. The third-order valence-corrected chi connectivity index (χ3v) is 11.4. The monoisotopic (exact) mass is 779 g/mol. The number of hydrogen-bond donors (Lipinski definition) is 1. The van der Waals surface area contributed by atoms with Gasteiger partial charge in [0, 0.05) is 35.3 Å². The van der Waals surface area contributed by atoms with Crippen LogP contribution in [0.3, 0.4) is 0 Å². The van der Waals surface area contributed by atoms with E-state index in [0.29, 0.717) is 42.4 Å². The molecule has 2 aliphatic rings. The van der Waals surface area contributed by atoms with E-state index >= 15 is 0 Å². The van der Waals surface area contributed by atoms with Crippen LogP contribution in [0.5, 0.6) is 5.75 Å². The van der Waals surface area contributed by atoms with Crippen LogP contribution in [0.15, 0.2) is 57.8 Å². The Morgan fingerprint density at radius 3 is 2.69 bits per heavy atom. The van der Waals surface area contributed by atoms with E-state index in [1.54, 1.807) is 45.9 Å². The number of aryl methyl sites for hydroxylation is 1. The first kappa shape index (κ1) is 39.3. The molecule has 2 bridgehead atoms. The number of nitrogens with one attached hydrogen (secondary N) is 1. The van der Waals surface area contributed by atoms with Gasteiger partial charge >= 0.3 is 0 Å². The van der Waals surface area contributed by atoms with E-state index in [0.717, 1.165) is 31.4 Å². The van der Waals surface area contributed by atoms with Gasteiger partial charge in [-0.2, -0.15) is 0 Å². The largest absolute Gasteiger partial charge is 0.491 e. The summed E-state index contributed by atoms with van der Waals surface area (Å²) in [5.74, 6) is -0.868. The van der Waals surface area contributed by atoms with Gasteiger partial charge in [-0.3, -0.25) is 14.3 Å². The summed E-state index contributed by atoms with van der Waals surface area (Å²) in [6.07, 6.45) is 7.29. The number of carbonyl (C=O) groups excluding carboxylic acids is 2. The van der Waals surface area contributed by atoms with Gasteiger partial charge in [-0.1, -0.05) is 86.3 Å².